The molecule has 8 heteroatoms. The van der Waals surface area contributed by atoms with Crippen LogP contribution < -0.4 is 0 Å². The van der Waals surface area contributed by atoms with E-state index in [0.717, 1.165) is 16.7 Å². The molecule has 2 aromatic rings. The van der Waals surface area contributed by atoms with Crippen LogP contribution in [0.25, 0.3) is 11.1 Å². The smallest absolute Gasteiger partial charge is 0.278 e. The Bertz CT molecular complexity index is 1030. The van der Waals surface area contributed by atoms with Gasteiger partial charge in [0.25, 0.3) is 23.6 Å². The summed E-state index contributed by atoms with van der Waals surface area (Å²) < 4.78 is 0. The standard InChI is InChI=1S/C11H9NO3.C10H7NO3/c1-15-12-10(13)7-9(11(12)14)8-5-3-2-4-6-8;12-9-6-8(10(13)11(9)14)7-4-2-1-3-5-7/h2-7H,1H3;1-6,14H. The van der Waals surface area contributed by atoms with Crippen molar-refractivity contribution in [2.45, 2.75) is 0 Å². The van der Waals surface area contributed by atoms with Gasteiger partial charge in [-0.1, -0.05) is 60.7 Å². The first-order valence-corrected chi connectivity index (χ1v) is 8.48. The summed E-state index contributed by atoms with van der Waals surface area (Å²) in [5, 5.41) is 9.83. The van der Waals surface area contributed by atoms with E-state index in [1.54, 1.807) is 36.4 Å². The summed E-state index contributed by atoms with van der Waals surface area (Å²) in [6, 6.07) is 17.7. The monoisotopic (exact) mass is 392 g/mol. The van der Waals surface area contributed by atoms with E-state index >= 15 is 0 Å². The number of carbonyl (C=O) groups excluding carboxylic acids is 4. The molecule has 1 N–H and O–H groups in total. The molecule has 2 heterocycles. The van der Waals surface area contributed by atoms with Crippen molar-refractivity contribution in [3.63, 3.8) is 0 Å². The Balaban J connectivity index is 0.000000166. The normalized spacial score (nSPS) is 15.9. The van der Waals surface area contributed by atoms with Crippen molar-refractivity contribution in [2.24, 2.45) is 0 Å². The molecule has 2 aromatic carbocycles. The molecule has 0 fully saturated rings. The van der Waals surface area contributed by atoms with E-state index in [1.165, 1.54) is 13.2 Å². The lowest BCUT2D eigenvalue weighted by molar-refractivity contribution is -0.177. The van der Waals surface area contributed by atoms with Crippen LogP contribution in [0.2, 0.25) is 0 Å². The van der Waals surface area contributed by atoms with Crippen molar-refractivity contribution in [1.29, 1.82) is 0 Å². The van der Waals surface area contributed by atoms with E-state index in [1.807, 2.05) is 24.3 Å². The predicted octanol–water partition coefficient (Wildman–Crippen LogP) is 1.83. The van der Waals surface area contributed by atoms with Gasteiger partial charge in [0.15, 0.2) is 0 Å². The Morgan fingerprint density at radius 3 is 1.52 bits per heavy atom. The maximum absolute atomic E-state index is 11.7. The van der Waals surface area contributed by atoms with Gasteiger partial charge < -0.3 is 0 Å². The molecule has 2 aliphatic rings. The molecule has 8 nitrogen and oxygen atoms in total. The first-order valence-electron chi connectivity index (χ1n) is 8.48. The lowest BCUT2D eigenvalue weighted by atomic mass is 10.1. The van der Waals surface area contributed by atoms with Gasteiger partial charge in [-0.2, -0.15) is 0 Å². The molecule has 4 rings (SSSR count). The Morgan fingerprint density at radius 2 is 1.14 bits per heavy atom. The summed E-state index contributed by atoms with van der Waals surface area (Å²) in [5.74, 6) is -2.25. The lowest BCUT2D eigenvalue weighted by Gasteiger charge is -2.09. The second-order valence-electron chi connectivity index (χ2n) is 5.92. The van der Waals surface area contributed by atoms with E-state index < -0.39 is 23.6 Å². The van der Waals surface area contributed by atoms with Crippen molar-refractivity contribution in [3.05, 3.63) is 83.9 Å². The van der Waals surface area contributed by atoms with Gasteiger partial charge in [-0.25, -0.2) is 0 Å². The average molecular weight is 392 g/mol. The van der Waals surface area contributed by atoms with Gasteiger partial charge in [-0.05, 0) is 11.1 Å². The quantitative estimate of drug-likeness (QED) is 0.631. The molecule has 0 aliphatic carbocycles. The average Bonchev–Trinajstić information content (AvgIpc) is 3.19. The molecule has 0 saturated carbocycles. The van der Waals surface area contributed by atoms with Crippen molar-refractivity contribution >= 4 is 34.8 Å². The molecule has 4 amide bonds. The number of hydrogen-bond acceptors (Lipinski definition) is 6. The first kappa shape index (κ1) is 19.9. The maximum atomic E-state index is 11.7. The number of hydrogen-bond donors (Lipinski definition) is 1. The zero-order valence-corrected chi connectivity index (χ0v) is 15.3. The Labute approximate surface area is 165 Å². The number of hydroxylamine groups is 4. The highest BCUT2D eigenvalue weighted by molar-refractivity contribution is 6.33. The molecular weight excluding hydrogens is 376 g/mol. The molecule has 0 bridgehead atoms. The van der Waals surface area contributed by atoms with Gasteiger partial charge in [0.05, 0.1) is 18.3 Å². The van der Waals surface area contributed by atoms with Crippen LogP contribution in [-0.4, -0.2) is 46.1 Å². The molecule has 2 aliphatic heterocycles. The van der Waals surface area contributed by atoms with Crippen LogP contribution in [0.15, 0.2) is 72.8 Å². The second-order valence-corrected chi connectivity index (χ2v) is 5.92. The van der Waals surface area contributed by atoms with Crippen molar-refractivity contribution in [2.75, 3.05) is 7.11 Å². The summed E-state index contributed by atoms with van der Waals surface area (Å²) in [5.41, 5.74) is 1.93. The molecule has 0 aromatic heterocycles. The van der Waals surface area contributed by atoms with Crippen LogP contribution in [0, 0.1) is 0 Å². The van der Waals surface area contributed by atoms with Crippen molar-refractivity contribution in [3.8, 4) is 0 Å². The second kappa shape index (κ2) is 8.42. The topological polar surface area (TPSA) is 104 Å². The Hall–Kier alpha value is -3.88. The molecule has 0 saturated heterocycles. The fourth-order valence-electron chi connectivity index (χ4n) is 2.74. The van der Waals surface area contributed by atoms with E-state index in [-0.39, 0.29) is 10.6 Å². The third-order valence-corrected chi connectivity index (χ3v) is 4.13. The molecule has 146 valence electrons. The Kier molecular flexibility index (Phi) is 5.77. The van der Waals surface area contributed by atoms with Crippen LogP contribution in [0.1, 0.15) is 11.1 Å². The first-order chi connectivity index (χ1) is 13.9. The van der Waals surface area contributed by atoms with Crippen LogP contribution >= 0.6 is 0 Å². The fraction of sp³-hybridized carbons (Fsp3) is 0.0476. The van der Waals surface area contributed by atoms with Crippen LogP contribution in [-0.2, 0) is 24.0 Å². The number of benzene rings is 2. The van der Waals surface area contributed by atoms with Crippen LogP contribution in [0.5, 0.6) is 0 Å². The SMILES string of the molecule is CON1C(=O)C=C(c2ccccc2)C1=O.O=C1C=C(c2ccccc2)C(=O)N1O. The molecule has 0 spiro atoms. The molecule has 0 radical (unpaired) electrons. The number of amides is 4. The number of rotatable bonds is 3. The van der Waals surface area contributed by atoms with E-state index in [4.69, 9.17) is 5.21 Å². The molecular formula is C21H16N2O6. The van der Waals surface area contributed by atoms with Crippen molar-refractivity contribution < 1.29 is 29.2 Å². The minimum Gasteiger partial charge on any atom is -0.278 e. The van der Waals surface area contributed by atoms with Gasteiger partial charge in [0.2, 0.25) is 0 Å². The highest BCUT2D eigenvalue weighted by Crippen LogP contribution is 2.23. The molecule has 29 heavy (non-hydrogen) atoms. The highest BCUT2D eigenvalue weighted by Gasteiger charge is 2.32. The fourth-order valence-corrected chi connectivity index (χ4v) is 2.74. The van der Waals surface area contributed by atoms with Crippen molar-refractivity contribution in [1.82, 2.24) is 10.1 Å². The van der Waals surface area contributed by atoms with E-state index in [2.05, 4.69) is 4.84 Å². The third kappa shape index (κ3) is 4.03. The Morgan fingerprint density at radius 1 is 0.690 bits per heavy atom. The largest absolute Gasteiger partial charge is 0.285 e. The van der Waals surface area contributed by atoms with Gasteiger partial charge in [0, 0.05) is 12.2 Å². The summed E-state index contributed by atoms with van der Waals surface area (Å²) in [6.45, 7) is 0. The molecule has 0 atom stereocenters. The zero-order valence-electron chi connectivity index (χ0n) is 15.3. The maximum Gasteiger partial charge on any atom is 0.285 e. The zero-order chi connectivity index (χ0) is 21.0. The lowest BCUT2D eigenvalue weighted by Crippen LogP contribution is -2.29. The minimum absolute atomic E-state index is 0.113. The van der Waals surface area contributed by atoms with Crippen LogP contribution in [0.3, 0.4) is 0 Å². The summed E-state index contributed by atoms with van der Waals surface area (Å²) >= 11 is 0. The number of carbonyl (C=O) groups is 4. The van der Waals surface area contributed by atoms with Crippen LogP contribution in [0.4, 0.5) is 0 Å². The summed E-state index contributed by atoms with van der Waals surface area (Å²) in [6.07, 6.45) is 2.40. The van der Waals surface area contributed by atoms with E-state index in [0.29, 0.717) is 11.1 Å². The summed E-state index contributed by atoms with van der Waals surface area (Å²) in [7, 11) is 1.29. The minimum atomic E-state index is -0.700. The number of nitrogens with zero attached hydrogens (tertiary/aromatic N) is 2. The number of imide groups is 2. The molecule has 0 unspecified atom stereocenters. The van der Waals surface area contributed by atoms with Gasteiger partial charge >= 0.3 is 0 Å². The summed E-state index contributed by atoms with van der Waals surface area (Å²) in [4.78, 5) is 49.9. The van der Waals surface area contributed by atoms with Gasteiger partial charge in [-0.15, -0.1) is 10.1 Å². The predicted molar refractivity (Wildman–Crippen MR) is 101 cm³/mol. The van der Waals surface area contributed by atoms with E-state index in [9.17, 15) is 19.2 Å². The van der Waals surface area contributed by atoms with Gasteiger partial charge in [0.1, 0.15) is 0 Å². The van der Waals surface area contributed by atoms with Gasteiger partial charge in [-0.3, -0.25) is 29.2 Å². The highest BCUT2D eigenvalue weighted by atomic mass is 16.7. The third-order valence-electron chi connectivity index (χ3n) is 4.13.